The topological polar surface area (TPSA) is 170 Å². The van der Waals surface area contributed by atoms with Gasteiger partial charge in [0.25, 0.3) is 23.6 Å². The molecule has 0 radical (unpaired) electrons. The molecule has 0 spiro atoms. The number of amides is 4. The standard InChI is InChI=1S/2C22H23BrN2O5S/c2*1-14-10-15(2-3-16(14)25-7-9-29-12-20(25)27)11-18(26)22(6-8-30-13-22)24-21(28)17-4-5-19(23)31-17/h2*2-5,10H,6-9,11-13H2,1H3,(H,24,28)/t2*22-/m10/s1. The lowest BCUT2D eigenvalue weighted by molar-refractivity contribution is -0.126. The second kappa shape index (κ2) is 20.1. The number of nitrogens with one attached hydrogen (secondary N) is 2. The number of carbonyl (C=O) groups is 6. The number of carbonyl (C=O) groups excluding carboxylic acids is 6. The summed E-state index contributed by atoms with van der Waals surface area (Å²) in [5.41, 5.74) is 3.13. The van der Waals surface area contributed by atoms with Crippen LogP contribution in [-0.2, 0) is 51.0 Å². The van der Waals surface area contributed by atoms with Gasteiger partial charge in [0.05, 0.1) is 43.8 Å². The molecule has 2 aromatic carbocycles. The molecule has 6 heterocycles. The van der Waals surface area contributed by atoms with Crippen LogP contribution in [0.5, 0.6) is 0 Å². The fraction of sp³-hybridized carbons (Fsp3) is 0.409. The van der Waals surface area contributed by atoms with Crippen molar-refractivity contribution in [2.45, 2.75) is 50.6 Å². The summed E-state index contributed by atoms with van der Waals surface area (Å²) < 4.78 is 23.1. The lowest BCUT2D eigenvalue weighted by Gasteiger charge is -2.29. The van der Waals surface area contributed by atoms with Gasteiger partial charge in [0.2, 0.25) is 0 Å². The number of ketones is 2. The Morgan fingerprint density at radius 3 is 1.35 bits per heavy atom. The fourth-order valence-electron chi connectivity index (χ4n) is 7.85. The number of halogens is 2. The van der Waals surface area contributed by atoms with E-state index in [-0.39, 0.29) is 74.5 Å². The predicted molar refractivity (Wildman–Crippen MR) is 241 cm³/mol. The Morgan fingerprint density at radius 1 is 0.613 bits per heavy atom. The molecule has 14 nitrogen and oxygen atoms in total. The van der Waals surface area contributed by atoms with Crippen molar-refractivity contribution in [3.05, 3.63) is 100 Å². The Labute approximate surface area is 383 Å². The highest BCUT2D eigenvalue weighted by molar-refractivity contribution is 9.11. The molecule has 0 aliphatic carbocycles. The van der Waals surface area contributed by atoms with Crippen molar-refractivity contribution in [1.82, 2.24) is 10.6 Å². The number of anilines is 2. The normalized spacial score (nSPS) is 21.4. The van der Waals surface area contributed by atoms with Gasteiger partial charge in [0.15, 0.2) is 11.6 Å². The number of Topliss-reactive ketones (excluding diaryl/α,β-unsaturated/α-hetero) is 2. The molecule has 4 aromatic rings. The van der Waals surface area contributed by atoms with Crippen molar-refractivity contribution in [2.75, 3.05) is 75.7 Å². The van der Waals surface area contributed by atoms with Crippen LogP contribution in [0.15, 0.2) is 68.2 Å². The molecule has 2 N–H and O–H groups in total. The molecule has 2 atom stereocenters. The van der Waals surface area contributed by atoms with Crippen LogP contribution in [0.4, 0.5) is 11.4 Å². The number of nitrogens with zero attached hydrogens (tertiary/aromatic N) is 2. The number of aryl methyl sites for hydroxylation is 2. The van der Waals surface area contributed by atoms with Crippen molar-refractivity contribution < 1.29 is 47.7 Å². The van der Waals surface area contributed by atoms with Crippen LogP contribution in [0, 0.1) is 13.8 Å². The summed E-state index contributed by atoms with van der Waals surface area (Å²) in [4.78, 5) is 80.8. The third-order valence-corrected chi connectivity index (χ3v) is 14.5. The lowest BCUT2D eigenvalue weighted by atomic mass is 9.88. The molecule has 18 heteroatoms. The maximum Gasteiger partial charge on any atom is 0.262 e. The summed E-state index contributed by atoms with van der Waals surface area (Å²) in [6.07, 6.45) is 1.25. The Kier molecular flexibility index (Phi) is 14.9. The maximum atomic E-state index is 13.3. The quantitative estimate of drug-likeness (QED) is 0.178. The smallest absolute Gasteiger partial charge is 0.262 e. The average molecular weight is 1010 g/mol. The second-order valence-electron chi connectivity index (χ2n) is 15.5. The summed E-state index contributed by atoms with van der Waals surface area (Å²) in [6, 6.07) is 18.4. The number of rotatable bonds is 12. The Balaban J connectivity index is 0.000000186. The number of ether oxygens (including phenoxy) is 4. The van der Waals surface area contributed by atoms with Crippen LogP contribution in [0.2, 0.25) is 0 Å². The van der Waals surface area contributed by atoms with Gasteiger partial charge in [-0.05, 0) is 104 Å². The van der Waals surface area contributed by atoms with Gasteiger partial charge in [-0.1, -0.05) is 24.3 Å². The number of thiophene rings is 2. The minimum absolute atomic E-state index is 0.0665. The van der Waals surface area contributed by atoms with Gasteiger partial charge < -0.3 is 39.4 Å². The maximum absolute atomic E-state index is 13.3. The molecule has 62 heavy (non-hydrogen) atoms. The van der Waals surface area contributed by atoms with Crippen LogP contribution in [0.25, 0.3) is 0 Å². The highest BCUT2D eigenvalue weighted by atomic mass is 79.9. The zero-order chi connectivity index (χ0) is 44.0. The van der Waals surface area contributed by atoms with Crippen molar-refractivity contribution in [3.63, 3.8) is 0 Å². The minimum atomic E-state index is -1.03. The predicted octanol–water partition coefficient (Wildman–Crippen LogP) is 5.77. The van der Waals surface area contributed by atoms with Gasteiger partial charge in [0, 0.05) is 63.4 Å². The van der Waals surface area contributed by atoms with Crippen molar-refractivity contribution in [3.8, 4) is 0 Å². The number of hydrogen-bond donors (Lipinski definition) is 2. The van der Waals surface area contributed by atoms with E-state index in [4.69, 9.17) is 18.9 Å². The van der Waals surface area contributed by atoms with E-state index < -0.39 is 11.1 Å². The first kappa shape index (κ1) is 45.9. The van der Waals surface area contributed by atoms with Gasteiger partial charge in [-0.25, -0.2) is 0 Å². The Bertz CT molecular complexity index is 2190. The van der Waals surface area contributed by atoms with E-state index in [1.165, 1.54) is 22.7 Å². The summed E-state index contributed by atoms with van der Waals surface area (Å²) in [6.45, 7) is 7.27. The van der Waals surface area contributed by atoms with E-state index in [1.807, 2.05) is 62.4 Å². The molecule has 8 rings (SSSR count). The van der Waals surface area contributed by atoms with Crippen LogP contribution in [0.1, 0.15) is 54.4 Å². The second-order valence-corrected chi connectivity index (χ2v) is 20.4. The number of morpholine rings is 2. The summed E-state index contributed by atoms with van der Waals surface area (Å²) in [5.74, 6) is -0.836. The molecular weight excluding hydrogens is 968 g/mol. The molecule has 0 bridgehead atoms. The van der Waals surface area contributed by atoms with Crippen LogP contribution < -0.4 is 20.4 Å². The van der Waals surface area contributed by atoms with E-state index in [0.717, 1.165) is 41.2 Å². The SMILES string of the molecule is Cc1cc(CC(=O)[C@@]2(NC(=O)c3ccc(Br)s3)CCOC2)ccc1N1CCOCC1=O.Cc1cc(CC(=O)[C@]2(NC(=O)c3ccc(Br)s3)CCOC2)ccc1N1CCOCC1=O. The fourth-order valence-corrected chi connectivity index (χ4v) is 10.4. The monoisotopic (exact) mass is 1010 g/mol. The van der Waals surface area contributed by atoms with Gasteiger partial charge in [0.1, 0.15) is 24.3 Å². The molecule has 4 aliphatic heterocycles. The molecule has 2 aromatic heterocycles. The Morgan fingerprint density at radius 2 is 1.03 bits per heavy atom. The minimum Gasteiger partial charge on any atom is -0.378 e. The first-order valence-corrected chi connectivity index (χ1v) is 23.3. The highest BCUT2D eigenvalue weighted by Crippen LogP contribution is 2.30. The molecular formula is C44H46Br2N4O10S2. The van der Waals surface area contributed by atoms with Crippen molar-refractivity contribution in [2.24, 2.45) is 0 Å². The zero-order valence-electron chi connectivity index (χ0n) is 34.2. The average Bonchev–Trinajstić information content (AvgIpc) is 4.09. The summed E-state index contributed by atoms with van der Waals surface area (Å²) >= 11 is 9.36. The van der Waals surface area contributed by atoms with Gasteiger partial charge in [-0.15, -0.1) is 22.7 Å². The van der Waals surface area contributed by atoms with Crippen molar-refractivity contribution in [1.29, 1.82) is 0 Å². The van der Waals surface area contributed by atoms with Gasteiger partial charge >= 0.3 is 0 Å². The summed E-state index contributed by atoms with van der Waals surface area (Å²) in [7, 11) is 0. The van der Waals surface area contributed by atoms with Crippen LogP contribution in [-0.4, -0.2) is 112 Å². The van der Waals surface area contributed by atoms with E-state index >= 15 is 0 Å². The highest BCUT2D eigenvalue weighted by Gasteiger charge is 2.44. The molecule has 4 fully saturated rings. The lowest BCUT2D eigenvalue weighted by Crippen LogP contribution is -2.55. The molecule has 0 unspecified atom stereocenters. The Hall–Kier alpha value is -4.14. The molecule has 328 valence electrons. The van der Waals surface area contributed by atoms with E-state index in [9.17, 15) is 28.8 Å². The van der Waals surface area contributed by atoms with Gasteiger partial charge in [-0.2, -0.15) is 0 Å². The van der Waals surface area contributed by atoms with E-state index in [0.29, 0.717) is 62.1 Å². The molecule has 4 amide bonds. The van der Waals surface area contributed by atoms with Crippen molar-refractivity contribution >= 4 is 101 Å². The number of hydrogen-bond acceptors (Lipinski definition) is 12. The molecule has 4 aliphatic rings. The van der Waals surface area contributed by atoms with Crippen LogP contribution in [0.3, 0.4) is 0 Å². The largest absolute Gasteiger partial charge is 0.378 e. The van der Waals surface area contributed by atoms with Gasteiger partial charge in [-0.3, -0.25) is 28.8 Å². The van der Waals surface area contributed by atoms with Crippen LogP contribution >= 0.6 is 54.5 Å². The van der Waals surface area contributed by atoms with E-state index in [2.05, 4.69) is 42.5 Å². The molecule has 4 saturated heterocycles. The first-order valence-electron chi connectivity index (χ1n) is 20.1. The third-order valence-electron chi connectivity index (χ3n) is 11.2. The third kappa shape index (κ3) is 10.6. The molecule has 0 saturated carbocycles. The number of benzene rings is 2. The van der Waals surface area contributed by atoms with E-state index in [1.54, 1.807) is 21.9 Å². The first-order chi connectivity index (χ1) is 29.8. The summed E-state index contributed by atoms with van der Waals surface area (Å²) in [5, 5.41) is 5.87. The zero-order valence-corrected chi connectivity index (χ0v) is 39.0.